The van der Waals surface area contributed by atoms with Gasteiger partial charge < -0.3 is 9.88 Å². The monoisotopic (exact) mass is 391 g/mol. The van der Waals surface area contributed by atoms with Crippen molar-refractivity contribution >= 4 is 23.2 Å². The summed E-state index contributed by atoms with van der Waals surface area (Å²) in [5.41, 5.74) is 3.68. The van der Waals surface area contributed by atoms with Crippen molar-refractivity contribution in [2.45, 2.75) is 13.5 Å². The van der Waals surface area contributed by atoms with Crippen molar-refractivity contribution in [3.05, 3.63) is 95.3 Å². The third kappa shape index (κ3) is 3.68. The minimum Gasteiger partial charge on any atom is -0.322 e. The first-order valence-electron chi connectivity index (χ1n) is 8.78. The number of hydrogen-bond donors (Lipinski definition) is 1. The molecule has 0 atom stereocenters. The molecule has 4 aromatic rings. The Morgan fingerprint density at radius 2 is 1.86 bits per heavy atom. The van der Waals surface area contributed by atoms with Gasteiger partial charge in [-0.2, -0.15) is 5.10 Å². The van der Waals surface area contributed by atoms with Crippen molar-refractivity contribution < 1.29 is 4.79 Å². The van der Waals surface area contributed by atoms with Gasteiger partial charge in [0.25, 0.3) is 5.91 Å². The Balaban J connectivity index is 1.52. The Kier molecular flexibility index (Phi) is 4.95. The van der Waals surface area contributed by atoms with E-state index in [0.717, 1.165) is 11.3 Å². The maximum Gasteiger partial charge on any atom is 0.260 e. The Bertz CT molecular complexity index is 1090. The highest BCUT2D eigenvalue weighted by molar-refractivity contribution is 6.33. The van der Waals surface area contributed by atoms with E-state index < -0.39 is 0 Å². The lowest BCUT2D eigenvalue weighted by atomic mass is 10.2. The Hall–Kier alpha value is -3.38. The van der Waals surface area contributed by atoms with E-state index in [2.05, 4.69) is 15.4 Å². The topological polar surface area (TPSA) is 64.7 Å². The molecule has 4 rings (SSSR count). The number of anilines is 1. The van der Waals surface area contributed by atoms with Gasteiger partial charge in [-0.15, -0.1) is 0 Å². The van der Waals surface area contributed by atoms with Gasteiger partial charge in [-0.25, -0.2) is 9.67 Å². The summed E-state index contributed by atoms with van der Waals surface area (Å²) in [6.07, 6.45) is 5.29. The first-order chi connectivity index (χ1) is 13.6. The minimum atomic E-state index is -0.280. The molecule has 0 bridgehead atoms. The molecule has 0 saturated heterocycles. The van der Waals surface area contributed by atoms with Crippen molar-refractivity contribution in [3.8, 4) is 5.69 Å². The number of nitrogens with one attached hydrogen (secondary N) is 1. The Morgan fingerprint density at radius 1 is 1.11 bits per heavy atom. The average Bonchev–Trinajstić information content (AvgIpc) is 3.32. The number of halogens is 1. The van der Waals surface area contributed by atoms with Gasteiger partial charge >= 0.3 is 0 Å². The van der Waals surface area contributed by atoms with E-state index in [4.69, 9.17) is 11.6 Å². The molecule has 0 unspecified atom stereocenters. The molecule has 1 N–H and O–H groups in total. The quantitative estimate of drug-likeness (QED) is 0.550. The van der Waals surface area contributed by atoms with Crippen LogP contribution < -0.4 is 5.32 Å². The number of hydrogen-bond acceptors (Lipinski definition) is 3. The molecule has 2 aromatic heterocycles. The zero-order valence-corrected chi connectivity index (χ0v) is 16.0. The second kappa shape index (κ2) is 7.70. The first kappa shape index (κ1) is 18.0. The summed E-state index contributed by atoms with van der Waals surface area (Å²) in [6.45, 7) is 2.29. The summed E-state index contributed by atoms with van der Waals surface area (Å²) in [7, 11) is 0. The molecule has 0 saturated carbocycles. The lowest BCUT2D eigenvalue weighted by Gasteiger charge is -2.07. The van der Waals surface area contributed by atoms with Crippen LogP contribution in [0.2, 0.25) is 5.15 Å². The standard InChI is InChI=1S/C21H18ClN5O/c1-15-19(20(22)27(25-15)13-16-5-3-2-4-6-16)21(28)24-17-7-9-18(10-8-17)26-12-11-23-14-26/h2-12,14H,13H2,1H3,(H,24,28). The van der Waals surface area contributed by atoms with Crippen LogP contribution in [-0.4, -0.2) is 25.2 Å². The highest BCUT2D eigenvalue weighted by atomic mass is 35.5. The fourth-order valence-electron chi connectivity index (χ4n) is 2.99. The SMILES string of the molecule is Cc1nn(Cc2ccccc2)c(Cl)c1C(=O)Nc1ccc(-n2ccnc2)cc1. The normalized spacial score (nSPS) is 10.8. The van der Waals surface area contributed by atoms with Gasteiger partial charge in [0.1, 0.15) is 5.15 Å². The molecule has 0 fully saturated rings. The summed E-state index contributed by atoms with van der Waals surface area (Å²) in [5, 5.41) is 7.65. The average molecular weight is 392 g/mol. The van der Waals surface area contributed by atoms with Crippen molar-refractivity contribution in [1.29, 1.82) is 0 Å². The Labute approximate surface area is 167 Å². The third-order valence-electron chi connectivity index (χ3n) is 4.40. The fraction of sp³-hybridized carbons (Fsp3) is 0.0952. The van der Waals surface area contributed by atoms with Crippen molar-refractivity contribution in [2.24, 2.45) is 0 Å². The summed E-state index contributed by atoms with van der Waals surface area (Å²) in [4.78, 5) is 16.8. The van der Waals surface area contributed by atoms with Gasteiger partial charge in [0, 0.05) is 23.8 Å². The highest BCUT2D eigenvalue weighted by Gasteiger charge is 2.20. The molecule has 0 aliphatic carbocycles. The van der Waals surface area contributed by atoms with E-state index >= 15 is 0 Å². The molecule has 2 heterocycles. The molecule has 0 aliphatic heterocycles. The molecule has 6 nitrogen and oxygen atoms in total. The smallest absolute Gasteiger partial charge is 0.260 e. The van der Waals surface area contributed by atoms with E-state index in [1.807, 2.05) is 65.4 Å². The molecule has 0 radical (unpaired) electrons. The van der Waals surface area contributed by atoms with Crippen LogP contribution in [0.25, 0.3) is 5.69 Å². The van der Waals surface area contributed by atoms with Crippen LogP contribution in [0.15, 0.2) is 73.3 Å². The molecule has 140 valence electrons. The number of benzene rings is 2. The van der Waals surface area contributed by atoms with Gasteiger partial charge in [-0.3, -0.25) is 4.79 Å². The molecule has 0 aliphatic rings. The summed E-state index contributed by atoms with van der Waals surface area (Å²) < 4.78 is 3.53. The first-order valence-corrected chi connectivity index (χ1v) is 9.16. The number of carbonyl (C=O) groups excluding carboxylic acids is 1. The van der Waals surface area contributed by atoms with Crippen LogP contribution in [-0.2, 0) is 6.54 Å². The summed E-state index contributed by atoms with van der Waals surface area (Å²) in [5.74, 6) is -0.280. The predicted molar refractivity (Wildman–Crippen MR) is 109 cm³/mol. The fourth-order valence-corrected chi connectivity index (χ4v) is 3.31. The van der Waals surface area contributed by atoms with Gasteiger partial charge in [-0.05, 0) is 36.8 Å². The van der Waals surface area contributed by atoms with Crippen LogP contribution in [0.4, 0.5) is 5.69 Å². The van der Waals surface area contributed by atoms with Gasteiger partial charge in [0.05, 0.1) is 24.1 Å². The third-order valence-corrected chi connectivity index (χ3v) is 4.78. The predicted octanol–water partition coefficient (Wildman–Crippen LogP) is 4.33. The van der Waals surface area contributed by atoms with Crippen LogP contribution in [0, 0.1) is 6.92 Å². The zero-order chi connectivity index (χ0) is 19.5. The van der Waals surface area contributed by atoms with E-state index in [0.29, 0.717) is 28.6 Å². The number of aromatic nitrogens is 4. The second-order valence-corrected chi connectivity index (χ2v) is 6.72. The second-order valence-electron chi connectivity index (χ2n) is 6.37. The number of imidazole rings is 1. The number of amides is 1. The van der Waals surface area contributed by atoms with E-state index in [1.54, 1.807) is 24.1 Å². The molecule has 1 amide bonds. The molecule has 0 spiro atoms. The molecule has 28 heavy (non-hydrogen) atoms. The van der Waals surface area contributed by atoms with Crippen molar-refractivity contribution in [1.82, 2.24) is 19.3 Å². The Morgan fingerprint density at radius 3 is 2.54 bits per heavy atom. The number of rotatable bonds is 5. The largest absolute Gasteiger partial charge is 0.322 e. The maximum absolute atomic E-state index is 12.8. The lowest BCUT2D eigenvalue weighted by molar-refractivity contribution is 0.102. The summed E-state index contributed by atoms with van der Waals surface area (Å²) >= 11 is 6.46. The molecule has 7 heteroatoms. The highest BCUT2D eigenvalue weighted by Crippen LogP contribution is 2.23. The zero-order valence-electron chi connectivity index (χ0n) is 15.2. The lowest BCUT2D eigenvalue weighted by Crippen LogP contribution is -2.13. The van der Waals surface area contributed by atoms with Gasteiger partial charge in [0.2, 0.25) is 0 Å². The van der Waals surface area contributed by atoms with Crippen LogP contribution in [0.3, 0.4) is 0 Å². The molecule has 2 aromatic carbocycles. The van der Waals surface area contributed by atoms with Crippen LogP contribution >= 0.6 is 11.6 Å². The van der Waals surface area contributed by atoms with Gasteiger partial charge in [0.15, 0.2) is 0 Å². The van der Waals surface area contributed by atoms with E-state index in [9.17, 15) is 4.79 Å². The summed E-state index contributed by atoms with van der Waals surface area (Å²) in [6, 6.07) is 17.4. The van der Waals surface area contributed by atoms with Crippen LogP contribution in [0.1, 0.15) is 21.6 Å². The van der Waals surface area contributed by atoms with E-state index in [-0.39, 0.29) is 5.91 Å². The van der Waals surface area contributed by atoms with Crippen molar-refractivity contribution in [3.63, 3.8) is 0 Å². The van der Waals surface area contributed by atoms with Crippen LogP contribution in [0.5, 0.6) is 0 Å². The van der Waals surface area contributed by atoms with Gasteiger partial charge in [-0.1, -0.05) is 41.9 Å². The number of nitrogens with zero attached hydrogens (tertiary/aromatic N) is 4. The number of aryl methyl sites for hydroxylation is 1. The van der Waals surface area contributed by atoms with E-state index in [1.165, 1.54) is 0 Å². The minimum absolute atomic E-state index is 0.280. The molecular formula is C21H18ClN5O. The molecular weight excluding hydrogens is 374 g/mol. The number of carbonyl (C=O) groups is 1. The van der Waals surface area contributed by atoms with Crippen molar-refractivity contribution in [2.75, 3.05) is 5.32 Å². The maximum atomic E-state index is 12.8.